The third-order valence-electron chi connectivity index (χ3n) is 1.74. The Balaban J connectivity index is 2.51. The highest BCUT2D eigenvalue weighted by atomic mass is 15.1. The summed E-state index contributed by atoms with van der Waals surface area (Å²) in [6.45, 7) is 1.96. The molecule has 0 atom stereocenters. The monoisotopic (exact) mass is 158 g/mol. The fraction of sp³-hybridized carbons (Fsp3) is 0.111. The van der Waals surface area contributed by atoms with E-state index in [1.807, 2.05) is 19.2 Å². The Hall–Kier alpha value is -1.64. The summed E-state index contributed by atoms with van der Waals surface area (Å²) >= 11 is 0. The van der Waals surface area contributed by atoms with Crippen LogP contribution in [0.1, 0.15) is 5.69 Å². The van der Waals surface area contributed by atoms with Crippen LogP contribution in [-0.4, -0.2) is 15.2 Å². The van der Waals surface area contributed by atoms with Gasteiger partial charge in [-0.15, -0.1) is 0 Å². The molecule has 2 aromatic heterocycles. The highest BCUT2D eigenvalue weighted by Gasteiger charge is 2.02. The van der Waals surface area contributed by atoms with Crippen molar-refractivity contribution in [3.63, 3.8) is 0 Å². The van der Waals surface area contributed by atoms with E-state index in [4.69, 9.17) is 0 Å². The van der Waals surface area contributed by atoms with Crippen LogP contribution in [0.2, 0.25) is 0 Å². The molecule has 2 aromatic rings. The van der Waals surface area contributed by atoms with Crippen LogP contribution < -0.4 is 0 Å². The number of nitrogens with one attached hydrogen (secondary N) is 1. The van der Waals surface area contributed by atoms with Gasteiger partial charge in [-0.2, -0.15) is 5.10 Å². The summed E-state index contributed by atoms with van der Waals surface area (Å²) in [4.78, 5) is 3.98. The zero-order chi connectivity index (χ0) is 8.39. The lowest BCUT2D eigenvalue weighted by atomic mass is 10.1. The minimum absolute atomic E-state index is 0.983. The van der Waals surface area contributed by atoms with E-state index < -0.39 is 0 Å². The van der Waals surface area contributed by atoms with E-state index in [0.29, 0.717) is 0 Å². The van der Waals surface area contributed by atoms with Gasteiger partial charge in [0.2, 0.25) is 0 Å². The maximum Gasteiger partial charge on any atom is 0.0670 e. The van der Waals surface area contributed by atoms with Gasteiger partial charge in [0, 0.05) is 35.8 Å². The van der Waals surface area contributed by atoms with E-state index >= 15 is 0 Å². The molecule has 0 spiro atoms. The van der Waals surface area contributed by atoms with Gasteiger partial charge in [-0.25, -0.2) is 0 Å². The van der Waals surface area contributed by atoms with Crippen molar-refractivity contribution < 1.29 is 0 Å². The van der Waals surface area contributed by atoms with E-state index in [9.17, 15) is 0 Å². The minimum atomic E-state index is 0.983. The fourth-order valence-corrected chi connectivity index (χ4v) is 1.12. The smallest absolute Gasteiger partial charge is 0.0670 e. The molecule has 3 nitrogen and oxygen atoms in total. The molecule has 0 unspecified atom stereocenters. The van der Waals surface area contributed by atoms with E-state index in [1.165, 1.54) is 0 Å². The Morgan fingerprint density at radius 1 is 1.50 bits per heavy atom. The van der Waals surface area contributed by atoms with Gasteiger partial charge >= 0.3 is 0 Å². The number of nitrogens with zero attached hydrogens (tertiary/aromatic N) is 2. The van der Waals surface area contributed by atoms with Crippen molar-refractivity contribution >= 4 is 0 Å². The fourth-order valence-electron chi connectivity index (χ4n) is 1.12. The van der Waals surface area contributed by atoms with Crippen molar-refractivity contribution in [2.24, 2.45) is 0 Å². The van der Waals surface area contributed by atoms with Crippen LogP contribution >= 0.6 is 0 Å². The summed E-state index contributed by atoms with van der Waals surface area (Å²) in [7, 11) is 0. The van der Waals surface area contributed by atoms with Crippen molar-refractivity contribution in [2.75, 3.05) is 0 Å². The second-order valence-corrected chi connectivity index (χ2v) is 2.56. The van der Waals surface area contributed by atoms with Crippen LogP contribution in [0, 0.1) is 13.0 Å². The molecule has 3 heteroatoms. The second-order valence-electron chi connectivity index (χ2n) is 2.56. The topological polar surface area (TPSA) is 41.6 Å². The molecular weight excluding hydrogens is 150 g/mol. The summed E-state index contributed by atoms with van der Waals surface area (Å²) in [6, 6.07) is 4.82. The summed E-state index contributed by atoms with van der Waals surface area (Å²) in [5.41, 5.74) is 3.11. The Kier molecular flexibility index (Phi) is 1.63. The molecule has 0 amide bonds. The molecule has 0 aliphatic rings. The van der Waals surface area contributed by atoms with Gasteiger partial charge < -0.3 is 0 Å². The zero-order valence-electron chi connectivity index (χ0n) is 6.70. The first-order valence-corrected chi connectivity index (χ1v) is 3.70. The number of H-pyrrole nitrogens is 1. The van der Waals surface area contributed by atoms with Gasteiger partial charge in [-0.1, -0.05) is 0 Å². The van der Waals surface area contributed by atoms with Crippen LogP contribution in [0.25, 0.3) is 11.1 Å². The molecule has 0 aliphatic carbocycles. The predicted molar refractivity (Wildman–Crippen MR) is 45.4 cm³/mol. The van der Waals surface area contributed by atoms with Crippen LogP contribution in [0.15, 0.2) is 24.7 Å². The Labute approximate surface area is 70.5 Å². The first kappa shape index (κ1) is 7.03. The standard InChI is InChI=1S/C9H8N3/c1-7-9(6-11-12-7)8-3-2-4-10-5-8/h3-6H,1H3,(H,11,12). The van der Waals surface area contributed by atoms with Crippen molar-refractivity contribution in [3.05, 3.63) is 36.4 Å². The first-order chi connectivity index (χ1) is 5.88. The van der Waals surface area contributed by atoms with Gasteiger partial charge in [0.25, 0.3) is 0 Å². The number of hydrogen-bond donors (Lipinski definition) is 1. The predicted octanol–water partition coefficient (Wildman–Crippen LogP) is 1.58. The summed E-state index contributed by atoms with van der Waals surface area (Å²) in [5, 5.41) is 6.83. The largest absolute Gasteiger partial charge is 0.285 e. The van der Waals surface area contributed by atoms with Crippen LogP contribution in [0.4, 0.5) is 0 Å². The van der Waals surface area contributed by atoms with E-state index in [0.717, 1.165) is 16.8 Å². The maximum absolute atomic E-state index is 4.03. The quantitative estimate of drug-likeness (QED) is 0.684. The number of pyridine rings is 1. The van der Waals surface area contributed by atoms with Gasteiger partial charge in [0.15, 0.2) is 0 Å². The molecule has 0 fully saturated rings. The van der Waals surface area contributed by atoms with Gasteiger partial charge in [-0.3, -0.25) is 10.1 Å². The molecule has 59 valence electrons. The highest BCUT2D eigenvalue weighted by molar-refractivity contribution is 5.63. The number of rotatable bonds is 1. The third kappa shape index (κ3) is 1.09. The molecule has 0 aliphatic heterocycles. The molecule has 2 heterocycles. The Morgan fingerprint density at radius 3 is 3.00 bits per heavy atom. The van der Waals surface area contributed by atoms with Gasteiger partial charge in [0.1, 0.15) is 0 Å². The molecule has 0 saturated heterocycles. The highest BCUT2D eigenvalue weighted by Crippen LogP contribution is 2.18. The average molecular weight is 158 g/mol. The van der Waals surface area contributed by atoms with E-state index in [-0.39, 0.29) is 0 Å². The van der Waals surface area contributed by atoms with Crippen molar-refractivity contribution in [1.82, 2.24) is 15.2 Å². The number of hydrogen-bond acceptors (Lipinski definition) is 2. The Bertz CT molecular complexity index is 364. The second kappa shape index (κ2) is 2.77. The van der Waals surface area contributed by atoms with Crippen molar-refractivity contribution in [1.29, 1.82) is 0 Å². The average Bonchev–Trinajstić information content (AvgIpc) is 2.53. The normalized spacial score (nSPS) is 10.1. The van der Waals surface area contributed by atoms with Crippen molar-refractivity contribution in [3.8, 4) is 11.1 Å². The lowest BCUT2D eigenvalue weighted by Crippen LogP contribution is -1.79. The molecule has 0 aromatic carbocycles. The molecule has 1 N–H and O–H groups in total. The first-order valence-electron chi connectivity index (χ1n) is 3.70. The minimum Gasteiger partial charge on any atom is -0.285 e. The van der Waals surface area contributed by atoms with Crippen LogP contribution in [0.3, 0.4) is 0 Å². The lowest BCUT2D eigenvalue weighted by Gasteiger charge is -1.95. The van der Waals surface area contributed by atoms with Crippen LogP contribution in [-0.2, 0) is 0 Å². The number of aromatic nitrogens is 3. The summed E-state index contributed by atoms with van der Waals surface area (Å²) in [5.74, 6) is 0. The molecule has 0 bridgehead atoms. The molecule has 12 heavy (non-hydrogen) atoms. The summed E-state index contributed by atoms with van der Waals surface area (Å²) < 4.78 is 0. The molecular formula is C9H8N3. The zero-order valence-corrected chi connectivity index (χ0v) is 6.70. The lowest BCUT2D eigenvalue weighted by molar-refractivity contribution is 1.05. The number of aryl methyl sites for hydroxylation is 1. The third-order valence-corrected chi connectivity index (χ3v) is 1.74. The Morgan fingerprint density at radius 2 is 2.42 bits per heavy atom. The molecule has 2 rings (SSSR count). The molecule has 0 saturated carbocycles. The van der Waals surface area contributed by atoms with E-state index in [2.05, 4.69) is 21.2 Å². The van der Waals surface area contributed by atoms with Gasteiger partial charge in [-0.05, 0) is 13.0 Å². The summed E-state index contributed by atoms with van der Waals surface area (Å²) in [6.07, 6.45) is 5.30. The van der Waals surface area contributed by atoms with Crippen LogP contribution in [0.5, 0.6) is 0 Å². The van der Waals surface area contributed by atoms with E-state index in [1.54, 1.807) is 12.4 Å². The van der Waals surface area contributed by atoms with Crippen molar-refractivity contribution in [2.45, 2.75) is 6.92 Å². The number of aromatic amines is 1. The SMILES string of the molecule is Cc1n[nH]cc1-c1c[c]cnc1. The maximum atomic E-state index is 4.03. The van der Waals surface area contributed by atoms with Gasteiger partial charge in [0.05, 0.1) is 5.69 Å². The molecule has 1 radical (unpaired) electrons.